The molecular formula is C12H14BrN3O4. The van der Waals surface area contributed by atoms with Crippen LogP contribution in [0.3, 0.4) is 0 Å². The van der Waals surface area contributed by atoms with Gasteiger partial charge in [-0.25, -0.2) is 0 Å². The predicted molar refractivity (Wildman–Crippen MR) is 75.7 cm³/mol. The number of hydrogen-bond acceptors (Lipinski definition) is 5. The van der Waals surface area contributed by atoms with Gasteiger partial charge in [0, 0.05) is 36.7 Å². The standard InChI is InChI=1S/C12H14BrN3O4/c13-9-5-10(16(18)19)7-11(6-9)20-8-12(17)15-3-1-14-2-4-15/h5-7,14H,1-4,8H2. The number of hydrogen-bond donors (Lipinski definition) is 1. The van der Waals surface area contributed by atoms with Gasteiger partial charge in [0.1, 0.15) is 5.75 Å². The number of halogens is 1. The summed E-state index contributed by atoms with van der Waals surface area (Å²) in [5.74, 6) is 0.184. The van der Waals surface area contributed by atoms with Crippen LogP contribution in [0.1, 0.15) is 0 Å². The molecule has 0 unspecified atom stereocenters. The number of nitro groups is 1. The van der Waals surface area contributed by atoms with Gasteiger partial charge >= 0.3 is 0 Å². The second kappa shape index (κ2) is 6.67. The van der Waals surface area contributed by atoms with Crippen molar-refractivity contribution in [1.82, 2.24) is 10.2 Å². The van der Waals surface area contributed by atoms with Crippen LogP contribution in [0.25, 0.3) is 0 Å². The lowest BCUT2D eigenvalue weighted by molar-refractivity contribution is -0.385. The second-order valence-corrected chi connectivity index (χ2v) is 5.24. The number of non-ortho nitro benzene ring substituents is 1. The summed E-state index contributed by atoms with van der Waals surface area (Å²) in [5.41, 5.74) is -0.0796. The van der Waals surface area contributed by atoms with Crippen LogP contribution in [0.2, 0.25) is 0 Å². The number of carbonyl (C=O) groups is 1. The summed E-state index contributed by atoms with van der Waals surface area (Å²) in [4.78, 5) is 23.8. The van der Waals surface area contributed by atoms with Gasteiger partial charge in [0.15, 0.2) is 6.61 Å². The number of rotatable bonds is 4. The molecule has 1 heterocycles. The molecule has 1 saturated heterocycles. The first-order chi connectivity index (χ1) is 9.56. The van der Waals surface area contributed by atoms with Gasteiger partial charge in [-0.1, -0.05) is 15.9 Å². The predicted octanol–water partition coefficient (Wildman–Crippen LogP) is 1.17. The molecular weight excluding hydrogens is 330 g/mol. The third-order valence-electron chi connectivity index (χ3n) is 2.90. The minimum absolute atomic E-state index is 0.0796. The molecule has 1 aliphatic rings. The van der Waals surface area contributed by atoms with Crippen LogP contribution in [-0.4, -0.2) is 48.5 Å². The summed E-state index contributed by atoms with van der Waals surface area (Å²) in [6.45, 7) is 2.73. The first-order valence-corrected chi connectivity index (χ1v) is 6.92. The Bertz CT molecular complexity index is 517. The number of nitrogens with zero attached hydrogens (tertiary/aromatic N) is 2. The average molecular weight is 344 g/mol. The lowest BCUT2D eigenvalue weighted by Crippen LogP contribution is -2.47. The minimum atomic E-state index is -0.504. The smallest absolute Gasteiger partial charge is 0.274 e. The lowest BCUT2D eigenvalue weighted by Gasteiger charge is -2.27. The third kappa shape index (κ3) is 3.91. The fraction of sp³-hybridized carbons (Fsp3) is 0.417. The van der Waals surface area contributed by atoms with Gasteiger partial charge in [-0.15, -0.1) is 0 Å². The summed E-state index contributed by atoms with van der Waals surface area (Å²) < 4.78 is 5.88. The fourth-order valence-corrected chi connectivity index (χ4v) is 2.35. The molecule has 1 N–H and O–H groups in total. The Balaban J connectivity index is 1.96. The van der Waals surface area contributed by atoms with Crippen molar-refractivity contribution in [2.24, 2.45) is 0 Å². The molecule has 1 amide bonds. The molecule has 1 fully saturated rings. The van der Waals surface area contributed by atoms with Gasteiger partial charge in [0.2, 0.25) is 0 Å². The lowest BCUT2D eigenvalue weighted by atomic mass is 10.3. The van der Waals surface area contributed by atoms with Gasteiger partial charge in [0.05, 0.1) is 11.0 Å². The molecule has 1 aliphatic heterocycles. The summed E-state index contributed by atoms with van der Waals surface area (Å²) in [6.07, 6.45) is 0. The topological polar surface area (TPSA) is 84.7 Å². The monoisotopic (exact) mass is 343 g/mol. The van der Waals surface area contributed by atoms with Crippen molar-refractivity contribution in [1.29, 1.82) is 0 Å². The number of carbonyl (C=O) groups excluding carboxylic acids is 1. The highest BCUT2D eigenvalue weighted by Gasteiger charge is 2.17. The van der Waals surface area contributed by atoms with Crippen molar-refractivity contribution >= 4 is 27.5 Å². The van der Waals surface area contributed by atoms with Crippen LogP contribution >= 0.6 is 15.9 Å². The van der Waals surface area contributed by atoms with Crippen molar-refractivity contribution in [3.8, 4) is 5.75 Å². The normalized spacial score (nSPS) is 14.9. The van der Waals surface area contributed by atoms with E-state index in [-0.39, 0.29) is 18.2 Å². The molecule has 0 atom stereocenters. The van der Waals surface area contributed by atoms with E-state index in [1.54, 1.807) is 11.0 Å². The Labute approximate surface area is 124 Å². The number of ether oxygens (including phenoxy) is 1. The number of nitrogens with one attached hydrogen (secondary N) is 1. The number of nitro benzene ring substituents is 1. The number of piperazine rings is 1. The molecule has 0 aliphatic carbocycles. The van der Waals surface area contributed by atoms with Crippen molar-refractivity contribution in [2.45, 2.75) is 0 Å². The molecule has 1 aromatic carbocycles. The van der Waals surface area contributed by atoms with E-state index in [4.69, 9.17) is 4.74 Å². The van der Waals surface area contributed by atoms with Crippen LogP contribution in [-0.2, 0) is 4.79 Å². The van der Waals surface area contributed by atoms with Crippen LogP contribution in [0.5, 0.6) is 5.75 Å². The van der Waals surface area contributed by atoms with Crippen LogP contribution in [0.4, 0.5) is 5.69 Å². The first-order valence-electron chi connectivity index (χ1n) is 6.12. The van der Waals surface area contributed by atoms with Crippen molar-refractivity contribution in [3.63, 3.8) is 0 Å². The van der Waals surface area contributed by atoms with E-state index in [9.17, 15) is 14.9 Å². The second-order valence-electron chi connectivity index (χ2n) is 4.32. The summed E-state index contributed by atoms with van der Waals surface area (Å²) in [6, 6.07) is 4.28. The summed E-state index contributed by atoms with van der Waals surface area (Å²) in [5, 5.41) is 13.9. The van der Waals surface area contributed by atoms with E-state index in [1.165, 1.54) is 12.1 Å². The van der Waals surface area contributed by atoms with Gasteiger partial charge < -0.3 is 15.0 Å². The van der Waals surface area contributed by atoms with Gasteiger partial charge in [-0.2, -0.15) is 0 Å². The Morgan fingerprint density at radius 2 is 2.10 bits per heavy atom. The maximum absolute atomic E-state index is 11.9. The maximum Gasteiger partial charge on any atom is 0.274 e. The maximum atomic E-state index is 11.9. The molecule has 2 rings (SSSR count). The highest BCUT2D eigenvalue weighted by molar-refractivity contribution is 9.10. The minimum Gasteiger partial charge on any atom is -0.483 e. The molecule has 20 heavy (non-hydrogen) atoms. The highest BCUT2D eigenvalue weighted by atomic mass is 79.9. The van der Waals surface area contributed by atoms with E-state index in [0.717, 1.165) is 13.1 Å². The van der Waals surface area contributed by atoms with Crippen molar-refractivity contribution in [3.05, 3.63) is 32.8 Å². The Morgan fingerprint density at radius 3 is 2.75 bits per heavy atom. The quantitative estimate of drug-likeness (QED) is 0.655. The molecule has 8 heteroatoms. The van der Waals surface area contributed by atoms with Gasteiger partial charge in [-0.3, -0.25) is 14.9 Å². The van der Waals surface area contributed by atoms with E-state index >= 15 is 0 Å². The molecule has 0 bridgehead atoms. The van der Waals surface area contributed by atoms with Crippen molar-refractivity contribution in [2.75, 3.05) is 32.8 Å². The zero-order valence-electron chi connectivity index (χ0n) is 10.7. The van der Waals surface area contributed by atoms with Gasteiger partial charge in [-0.05, 0) is 6.07 Å². The summed E-state index contributed by atoms with van der Waals surface area (Å²) in [7, 11) is 0. The SMILES string of the molecule is O=C(COc1cc(Br)cc([N+](=O)[O-])c1)N1CCNCC1. The van der Waals surface area contributed by atoms with Crippen molar-refractivity contribution < 1.29 is 14.5 Å². The Kier molecular flexibility index (Phi) is 4.91. The van der Waals surface area contributed by atoms with E-state index in [1.807, 2.05) is 0 Å². The number of amides is 1. The molecule has 1 aromatic rings. The highest BCUT2D eigenvalue weighted by Crippen LogP contribution is 2.26. The molecule has 0 saturated carbocycles. The van der Waals surface area contributed by atoms with E-state index < -0.39 is 4.92 Å². The van der Waals surface area contributed by atoms with E-state index in [0.29, 0.717) is 23.3 Å². The molecule has 0 aromatic heterocycles. The van der Waals surface area contributed by atoms with Crippen LogP contribution in [0.15, 0.2) is 22.7 Å². The largest absolute Gasteiger partial charge is 0.483 e. The summed E-state index contributed by atoms with van der Waals surface area (Å²) >= 11 is 3.18. The van der Waals surface area contributed by atoms with Crippen LogP contribution < -0.4 is 10.1 Å². The molecule has 0 radical (unpaired) electrons. The zero-order chi connectivity index (χ0) is 14.5. The Hall–Kier alpha value is -1.67. The Morgan fingerprint density at radius 1 is 1.40 bits per heavy atom. The number of benzene rings is 1. The molecule has 0 spiro atoms. The third-order valence-corrected chi connectivity index (χ3v) is 3.36. The fourth-order valence-electron chi connectivity index (χ4n) is 1.89. The van der Waals surface area contributed by atoms with E-state index in [2.05, 4.69) is 21.2 Å². The first kappa shape index (κ1) is 14.7. The molecule has 108 valence electrons. The van der Waals surface area contributed by atoms with Gasteiger partial charge in [0.25, 0.3) is 11.6 Å². The zero-order valence-corrected chi connectivity index (χ0v) is 12.3. The molecule has 7 nitrogen and oxygen atoms in total. The average Bonchev–Trinajstić information content (AvgIpc) is 2.45. The van der Waals surface area contributed by atoms with Crippen LogP contribution in [0, 0.1) is 10.1 Å².